The number of aryl methyl sites for hydroxylation is 1. The summed E-state index contributed by atoms with van der Waals surface area (Å²) < 4.78 is 0. The first kappa shape index (κ1) is 17.9. The van der Waals surface area contributed by atoms with Crippen LogP contribution in [0.5, 0.6) is 0 Å². The summed E-state index contributed by atoms with van der Waals surface area (Å²) in [6.07, 6.45) is 0. The van der Waals surface area contributed by atoms with Gasteiger partial charge < -0.3 is 5.32 Å². The summed E-state index contributed by atoms with van der Waals surface area (Å²) >= 11 is 5.89. The Kier molecular flexibility index (Phi) is 7.98. The second-order valence-electron chi connectivity index (χ2n) is 3.78. The van der Waals surface area contributed by atoms with Crippen LogP contribution in [0.15, 0.2) is 48.5 Å². The van der Waals surface area contributed by atoms with Crippen molar-refractivity contribution in [3.05, 3.63) is 64.7 Å². The molecule has 20 heavy (non-hydrogen) atoms. The lowest BCUT2D eigenvalue weighted by molar-refractivity contribution is 0.102. The molecule has 0 saturated carbocycles. The van der Waals surface area contributed by atoms with Gasteiger partial charge in [0.05, 0.1) is 0 Å². The average Bonchev–Trinajstić information content (AvgIpc) is 2.46. The van der Waals surface area contributed by atoms with E-state index in [1.807, 2.05) is 31.2 Å². The molecule has 0 unspecified atom stereocenters. The molecule has 0 aliphatic heterocycles. The molecule has 4 nitrogen and oxygen atoms in total. The molecule has 0 aliphatic carbocycles. The first-order valence-corrected chi connectivity index (χ1v) is 5.87. The fraction of sp³-hybridized carbons (Fsp3) is 0.0714. The Labute approximate surface area is 128 Å². The molecular formula is C14H13Cl2N3O. The van der Waals surface area contributed by atoms with Crippen LogP contribution in [-0.4, -0.2) is 5.91 Å². The standard InChI is InChI=1S/C14H12ClNO.ClH.N2/c1-10-7-8-12(15)9-13(10)16-14(17)11-5-3-2-4-6-11;;1-2/h2-9H,1H3,(H,16,17);1H;. The topological polar surface area (TPSA) is 76.7 Å². The van der Waals surface area contributed by atoms with Crippen LogP contribution in [-0.2, 0) is 0 Å². The van der Waals surface area contributed by atoms with Gasteiger partial charge in [0.2, 0.25) is 0 Å². The van der Waals surface area contributed by atoms with Crippen LogP contribution in [0.3, 0.4) is 0 Å². The fourth-order valence-corrected chi connectivity index (χ4v) is 1.69. The number of halogens is 2. The molecule has 2 aromatic carbocycles. The third kappa shape index (κ3) is 4.88. The summed E-state index contributed by atoms with van der Waals surface area (Å²) in [7, 11) is 0. The molecule has 0 radical (unpaired) electrons. The number of hydrogen-bond donors (Lipinski definition) is 1. The Bertz CT molecular complexity index is 585. The van der Waals surface area contributed by atoms with Crippen molar-refractivity contribution < 1.29 is 4.79 Å². The van der Waals surface area contributed by atoms with E-state index >= 15 is 0 Å². The third-order valence-corrected chi connectivity index (χ3v) is 2.72. The van der Waals surface area contributed by atoms with Gasteiger partial charge in [-0.05, 0) is 36.8 Å². The van der Waals surface area contributed by atoms with Crippen molar-refractivity contribution in [3.63, 3.8) is 0 Å². The number of benzene rings is 2. The number of nitrogens with zero attached hydrogens (tertiary/aromatic N) is 2. The Morgan fingerprint density at radius 2 is 1.70 bits per heavy atom. The molecular weight excluding hydrogens is 297 g/mol. The van der Waals surface area contributed by atoms with E-state index in [2.05, 4.69) is 5.32 Å². The van der Waals surface area contributed by atoms with Crippen LogP contribution < -0.4 is 5.32 Å². The highest BCUT2D eigenvalue weighted by atomic mass is 35.5. The van der Waals surface area contributed by atoms with Gasteiger partial charge >= 0.3 is 0 Å². The molecule has 0 heterocycles. The largest absolute Gasteiger partial charge is 0.322 e. The monoisotopic (exact) mass is 309 g/mol. The molecule has 104 valence electrons. The zero-order chi connectivity index (χ0) is 14.3. The van der Waals surface area contributed by atoms with Crippen LogP contribution in [0, 0.1) is 17.7 Å². The van der Waals surface area contributed by atoms with Crippen molar-refractivity contribution >= 4 is 35.6 Å². The van der Waals surface area contributed by atoms with E-state index < -0.39 is 0 Å². The Morgan fingerprint density at radius 1 is 1.10 bits per heavy atom. The summed E-state index contributed by atoms with van der Waals surface area (Å²) in [6.45, 7) is 1.93. The van der Waals surface area contributed by atoms with Crippen molar-refractivity contribution in [3.8, 4) is 0 Å². The summed E-state index contributed by atoms with van der Waals surface area (Å²) in [5.74, 6) is -0.129. The predicted molar refractivity (Wildman–Crippen MR) is 81.3 cm³/mol. The summed E-state index contributed by atoms with van der Waals surface area (Å²) in [6, 6.07) is 14.5. The summed E-state index contributed by atoms with van der Waals surface area (Å²) in [5.41, 5.74) is 2.36. The molecule has 0 aliphatic rings. The van der Waals surface area contributed by atoms with Gasteiger partial charge in [0.25, 0.3) is 5.91 Å². The maximum Gasteiger partial charge on any atom is 0.255 e. The molecule has 0 aromatic heterocycles. The van der Waals surface area contributed by atoms with E-state index in [4.69, 9.17) is 22.4 Å². The van der Waals surface area contributed by atoms with Gasteiger partial charge in [0.1, 0.15) is 0 Å². The number of anilines is 1. The lowest BCUT2D eigenvalue weighted by Gasteiger charge is -2.08. The highest BCUT2D eigenvalue weighted by Gasteiger charge is 2.07. The van der Waals surface area contributed by atoms with Gasteiger partial charge in [-0.15, -0.1) is 12.4 Å². The molecule has 0 fully saturated rings. The molecule has 6 heteroatoms. The van der Waals surface area contributed by atoms with Gasteiger partial charge in [-0.3, -0.25) is 4.79 Å². The van der Waals surface area contributed by atoms with Crippen molar-refractivity contribution in [2.45, 2.75) is 6.92 Å². The van der Waals surface area contributed by atoms with E-state index in [0.717, 1.165) is 11.3 Å². The van der Waals surface area contributed by atoms with Crippen molar-refractivity contribution in [2.75, 3.05) is 5.32 Å². The minimum absolute atomic E-state index is 0. The molecule has 0 atom stereocenters. The molecule has 1 amide bonds. The van der Waals surface area contributed by atoms with Gasteiger partial charge in [0, 0.05) is 27.1 Å². The summed E-state index contributed by atoms with van der Waals surface area (Å²) in [5, 5.41) is 15.5. The van der Waals surface area contributed by atoms with Crippen LogP contribution in [0.4, 0.5) is 5.69 Å². The van der Waals surface area contributed by atoms with Crippen LogP contribution >= 0.6 is 24.0 Å². The Hall–Kier alpha value is -2.09. The van der Waals surface area contributed by atoms with E-state index in [1.54, 1.807) is 24.3 Å². The second-order valence-corrected chi connectivity index (χ2v) is 4.22. The van der Waals surface area contributed by atoms with Gasteiger partial charge in [-0.2, -0.15) is 0 Å². The highest BCUT2D eigenvalue weighted by Crippen LogP contribution is 2.20. The first-order chi connectivity index (χ1) is 9.16. The van der Waals surface area contributed by atoms with Crippen LogP contribution in [0.25, 0.3) is 0 Å². The third-order valence-electron chi connectivity index (χ3n) is 2.48. The minimum atomic E-state index is -0.129. The molecule has 1 N–H and O–H groups in total. The predicted octanol–water partition coefficient (Wildman–Crippen LogP) is 4.35. The Morgan fingerprint density at radius 3 is 2.30 bits per heavy atom. The van der Waals surface area contributed by atoms with Crippen LogP contribution in [0.1, 0.15) is 15.9 Å². The maximum atomic E-state index is 11.9. The molecule has 0 saturated heterocycles. The van der Waals surface area contributed by atoms with Crippen molar-refractivity contribution in [1.82, 2.24) is 0 Å². The average molecular weight is 310 g/mol. The van der Waals surface area contributed by atoms with Gasteiger partial charge in [0.15, 0.2) is 0 Å². The SMILES string of the molecule is Cc1ccc(Cl)cc1NC(=O)c1ccccc1.Cl.N#N. The van der Waals surface area contributed by atoms with Crippen LogP contribution in [0.2, 0.25) is 5.02 Å². The molecule has 2 aromatic rings. The quantitative estimate of drug-likeness (QED) is 0.838. The Balaban J connectivity index is 0.00000115. The van der Waals surface area contributed by atoms with E-state index in [-0.39, 0.29) is 18.3 Å². The number of nitrogens with one attached hydrogen (secondary N) is 1. The maximum absolute atomic E-state index is 11.9. The van der Waals surface area contributed by atoms with Crippen molar-refractivity contribution in [2.24, 2.45) is 0 Å². The van der Waals surface area contributed by atoms with Gasteiger partial charge in [-0.1, -0.05) is 35.9 Å². The smallest absolute Gasteiger partial charge is 0.255 e. The minimum Gasteiger partial charge on any atom is -0.322 e. The first-order valence-electron chi connectivity index (χ1n) is 5.49. The fourth-order valence-electron chi connectivity index (χ4n) is 1.51. The van der Waals surface area contributed by atoms with E-state index in [0.29, 0.717) is 10.6 Å². The zero-order valence-electron chi connectivity index (χ0n) is 10.7. The van der Waals surface area contributed by atoms with Gasteiger partial charge in [-0.25, -0.2) is 0 Å². The highest BCUT2D eigenvalue weighted by molar-refractivity contribution is 6.31. The summed E-state index contributed by atoms with van der Waals surface area (Å²) in [4.78, 5) is 11.9. The number of hydrogen-bond acceptors (Lipinski definition) is 3. The number of carbonyl (C=O) groups excluding carboxylic acids is 1. The van der Waals surface area contributed by atoms with Crippen molar-refractivity contribution in [1.29, 1.82) is 10.8 Å². The second kappa shape index (κ2) is 8.92. The number of carbonyl (C=O) groups is 1. The molecule has 0 bridgehead atoms. The number of rotatable bonds is 2. The molecule has 2 rings (SSSR count). The lowest BCUT2D eigenvalue weighted by Crippen LogP contribution is -2.12. The lowest BCUT2D eigenvalue weighted by atomic mass is 10.1. The zero-order valence-corrected chi connectivity index (χ0v) is 12.3. The van der Waals surface area contributed by atoms with E-state index in [9.17, 15) is 4.79 Å². The normalized spacial score (nSPS) is 8.60. The van der Waals surface area contributed by atoms with E-state index in [1.165, 1.54) is 0 Å². The number of amides is 1. The molecule has 0 spiro atoms.